The number of hydrogen-bond acceptors (Lipinski definition) is 6. The van der Waals surface area contributed by atoms with Gasteiger partial charge in [0.05, 0.1) is 19.9 Å². The van der Waals surface area contributed by atoms with Gasteiger partial charge in [0, 0.05) is 12.5 Å². The van der Waals surface area contributed by atoms with Gasteiger partial charge in [0.25, 0.3) is 0 Å². The van der Waals surface area contributed by atoms with Gasteiger partial charge in [-0.1, -0.05) is 51.2 Å². The van der Waals surface area contributed by atoms with Crippen molar-refractivity contribution in [3.05, 3.63) is 53.6 Å². The third-order valence-corrected chi connectivity index (χ3v) is 7.92. The van der Waals surface area contributed by atoms with Gasteiger partial charge in [-0.25, -0.2) is 0 Å². The van der Waals surface area contributed by atoms with Crippen LogP contribution in [0.2, 0.25) is 0 Å². The second-order valence-corrected chi connectivity index (χ2v) is 10.8. The summed E-state index contributed by atoms with van der Waals surface area (Å²) in [5, 5.41) is 23.5. The van der Waals surface area contributed by atoms with Crippen LogP contribution in [0, 0.1) is 11.3 Å². The van der Waals surface area contributed by atoms with Crippen molar-refractivity contribution in [1.29, 1.82) is 0 Å². The molecule has 8 heteroatoms. The summed E-state index contributed by atoms with van der Waals surface area (Å²) in [6, 6.07) is 9.03. The molecule has 0 spiro atoms. The molecule has 2 aromatic rings. The van der Waals surface area contributed by atoms with E-state index in [4.69, 9.17) is 15.2 Å². The predicted molar refractivity (Wildman–Crippen MR) is 161 cm³/mol. The molecule has 0 amide bonds. The van der Waals surface area contributed by atoms with E-state index in [9.17, 15) is 15.0 Å². The fourth-order valence-corrected chi connectivity index (χ4v) is 5.64. The van der Waals surface area contributed by atoms with Crippen LogP contribution in [0.1, 0.15) is 69.4 Å². The first-order valence-electron chi connectivity index (χ1n) is 14.2. The maximum absolute atomic E-state index is 13.8. The second-order valence-electron chi connectivity index (χ2n) is 10.8. The summed E-state index contributed by atoms with van der Waals surface area (Å²) in [5.74, 6) is 1.34. The molecule has 3 rings (SSSR count). The van der Waals surface area contributed by atoms with E-state index in [0.717, 1.165) is 62.5 Å². The van der Waals surface area contributed by atoms with Crippen molar-refractivity contribution >= 4 is 17.4 Å². The number of aromatic hydroxyl groups is 2. The van der Waals surface area contributed by atoms with E-state index in [1.807, 2.05) is 24.3 Å². The van der Waals surface area contributed by atoms with E-state index in [1.54, 1.807) is 19.2 Å². The third kappa shape index (κ3) is 7.93. The number of guanidine groups is 1. The number of ketones is 1. The number of rotatable bonds is 14. The number of unbranched alkanes of at least 4 members (excludes halogenated alkanes) is 2. The summed E-state index contributed by atoms with van der Waals surface area (Å²) < 4.78 is 10.7. The molecule has 218 valence electrons. The van der Waals surface area contributed by atoms with Crippen LogP contribution in [-0.2, 0) is 17.6 Å². The average molecular weight is 552 g/mol. The van der Waals surface area contributed by atoms with E-state index >= 15 is 0 Å². The Bertz CT molecular complexity index is 1200. The number of nitrogens with zero attached hydrogens (tertiary/aromatic N) is 1. The van der Waals surface area contributed by atoms with Crippen LogP contribution < -0.4 is 20.5 Å². The molecule has 40 heavy (non-hydrogen) atoms. The molecule has 1 saturated carbocycles. The number of nitrogens with one attached hydrogen (secondary N) is 1. The predicted octanol–water partition coefficient (Wildman–Crippen LogP) is 6.14. The topological polar surface area (TPSA) is 126 Å². The largest absolute Gasteiger partial charge is 0.504 e. The van der Waals surface area contributed by atoms with E-state index in [0.29, 0.717) is 30.0 Å². The molecular formula is C32H45N3O5. The van der Waals surface area contributed by atoms with Crippen molar-refractivity contribution in [3.63, 3.8) is 0 Å². The molecule has 0 aromatic heterocycles. The number of anilines is 1. The van der Waals surface area contributed by atoms with Gasteiger partial charge in [0.15, 0.2) is 34.7 Å². The highest BCUT2D eigenvalue weighted by Gasteiger charge is 2.39. The number of methoxy groups -OCH3 is 2. The molecule has 0 aliphatic heterocycles. The van der Waals surface area contributed by atoms with E-state index in [-0.39, 0.29) is 29.2 Å². The normalized spacial score (nSPS) is 15.8. The molecule has 1 aliphatic rings. The minimum absolute atomic E-state index is 0.0276. The first-order chi connectivity index (χ1) is 19.2. The lowest BCUT2D eigenvalue weighted by Gasteiger charge is -2.27. The average Bonchev–Trinajstić information content (AvgIpc) is 3.43. The lowest BCUT2D eigenvalue weighted by molar-refractivity contribution is -0.123. The number of aliphatic imine (C=N–C) groups is 1. The zero-order valence-corrected chi connectivity index (χ0v) is 24.3. The number of allylic oxidation sites excluding steroid dienone is 2. The maximum Gasteiger partial charge on any atom is 0.192 e. The SMILES string of the molecule is CCCCC[C@H](/C=C/C(=O)C1(Cc2ccc(O)c(OC)c2)CCCC1)Cc1cc(NC(N)=NC)c(O)c(OC)c1. The standard InChI is InChI=1S/C32H45N3O5/c1-5-6-7-10-22(17-24-18-25(35-31(33)34-2)30(38)28(20-24)40-4)12-14-29(37)32(15-8-9-16-32)21-23-11-13-26(36)27(19-23)39-3/h11-14,18-20,22,36,38H,5-10,15-17,21H2,1-4H3,(H3,33,34,35)/b14-12+/t22-/m1/s1. The summed E-state index contributed by atoms with van der Waals surface area (Å²) in [6.45, 7) is 2.18. The van der Waals surface area contributed by atoms with Crippen LogP contribution >= 0.6 is 0 Å². The van der Waals surface area contributed by atoms with E-state index in [1.165, 1.54) is 14.2 Å². The van der Waals surface area contributed by atoms with Gasteiger partial charge >= 0.3 is 0 Å². The highest BCUT2D eigenvalue weighted by Crippen LogP contribution is 2.43. The number of phenols is 2. The number of carbonyl (C=O) groups excluding carboxylic acids is 1. The Morgan fingerprint density at radius 3 is 2.45 bits per heavy atom. The number of ether oxygens (including phenoxy) is 2. The van der Waals surface area contributed by atoms with Crippen molar-refractivity contribution in [1.82, 2.24) is 0 Å². The Morgan fingerprint density at radius 1 is 1.10 bits per heavy atom. The van der Waals surface area contributed by atoms with Gasteiger partial charge < -0.3 is 30.7 Å². The Hall–Kier alpha value is -3.68. The van der Waals surface area contributed by atoms with Gasteiger partial charge in [-0.3, -0.25) is 9.79 Å². The van der Waals surface area contributed by atoms with Crippen molar-refractivity contribution in [3.8, 4) is 23.0 Å². The second kappa shape index (κ2) is 14.6. The fraction of sp³-hybridized carbons (Fsp3) is 0.500. The summed E-state index contributed by atoms with van der Waals surface area (Å²) in [5.41, 5.74) is 7.79. The zero-order chi connectivity index (χ0) is 29.1. The molecular weight excluding hydrogens is 506 g/mol. The zero-order valence-electron chi connectivity index (χ0n) is 24.3. The molecule has 0 unspecified atom stereocenters. The van der Waals surface area contributed by atoms with Gasteiger partial charge in [-0.2, -0.15) is 0 Å². The van der Waals surface area contributed by atoms with Crippen LogP contribution in [0.3, 0.4) is 0 Å². The summed E-state index contributed by atoms with van der Waals surface area (Å²) >= 11 is 0. The molecule has 1 aliphatic carbocycles. The Balaban J connectivity index is 1.85. The van der Waals surface area contributed by atoms with Crippen LogP contribution in [0.25, 0.3) is 0 Å². The summed E-state index contributed by atoms with van der Waals surface area (Å²) in [4.78, 5) is 17.7. The Morgan fingerprint density at radius 2 is 1.80 bits per heavy atom. The van der Waals surface area contributed by atoms with E-state index < -0.39 is 5.41 Å². The minimum atomic E-state index is -0.442. The number of benzene rings is 2. The minimum Gasteiger partial charge on any atom is -0.504 e. The number of carbonyl (C=O) groups is 1. The first-order valence-corrected chi connectivity index (χ1v) is 14.2. The lowest BCUT2D eigenvalue weighted by atomic mass is 9.75. The first kappa shape index (κ1) is 30.9. The van der Waals surface area contributed by atoms with Crippen molar-refractivity contribution in [2.24, 2.45) is 22.1 Å². The molecule has 1 fully saturated rings. The highest BCUT2D eigenvalue weighted by molar-refractivity contribution is 5.95. The smallest absolute Gasteiger partial charge is 0.192 e. The molecule has 5 N–H and O–H groups in total. The molecule has 2 aromatic carbocycles. The number of nitrogens with two attached hydrogens (primary N) is 1. The third-order valence-electron chi connectivity index (χ3n) is 7.92. The molecule has 1 atom stereocenters. The molecule has 8 nitrogen and oxygen atoms in total. The molecule has 0 heterocycles. The maximum atomic E-state index is 13.8. The molecule has 0 bridgehead atoms. The van der Waals surface area contributed by atoms with Crippen LogP contribution in [0.15, 0.2) is 47.5 Å². The highest BCUT2D eigenvalue weighted by atomic mass is 16.5. The lowest BCUT2D eigenvalue weighted by Crippen LogP contribution is -2.29. The quantitative estimate of drug-likeness (QED) is 0.0730. The monoisotopic (exact) mass is 551 g/mol. The van der Waals surface area contributed by atoms with Gasteiger partial charge in [-0.15, -0.1) is 0 Å². The summed E-state index contributed by atoms with van der Waals surface area (Å²) in [7, 11) is 4.62. The Kier molecular flexibility index (Phi) is 11.3. The van der Waals surface area contributed by atoms with Gasteiger partial charge in [-0.05, 0) is 79.5 Å². The van der Waals surface area contributed by atoms with Crippen LogP contribution in [0.4, 0.5) is 5.69 Å². The van der Waals surface area contributed by atoms with Gasteiger partial charge in [0.1, 0.15) is 0 Å². The number of phenolic OH excluding ortho intramolecular Hbond substituents is 2. The summed E-state index contributed by atoms with van der Waals surface area (Å²) in [6.07, 6.45) is 13.2. The molecule has 0 radical (unpaired) electrons. The Labute approximate surface area is 238 Å². The van der Waals surface area contributed by atoms with Gasteiger partial charge in [0.2, 0.25) is 0 Å². The van der Waals surface area contributed by atoms with Crippen molar-refractivity contribution in [2.75, 3.05) is 26.6 Å². The fourth-order valence-electron chi connectivity index (χ4n) is 5.64. The van der Waals surface area contributed by atoms with Crippen LogP contribution in [0.5, 0.6) is 23.0 Å². The van der Waals surface area contributed by atoms with Crippen molar-refractivity contribution in [2.45, 2.75) is 71.1 Å². The van der Waals surface area contributed by atoms with E-state index in [2.05, 4.69) is 23.3 Å². The van der Waals surface area contributed by atoms with Crippen molar-refractivity contribution < 1.29 is 24.5 Å². The molecule has 0 saturated heterocycles. The van der Waals surface area contributed by atoms with Crippen LogP contribution in [-0.4, -0.2) is 43.2 Å². The number of hydrogen-bond donors (Lipinski definition) is 4.